The van der Waals surface area contributed by atoms with Crippen LogP contribution in [0.2, 0.25) is 0 Å². The Morgan fingerprint density at radius 2 is 1.67 bits per heavy atom. The van der Waals surface area contributed by atoms with Crippen LogP contribution in [0.15, 0.2) is 42.5 Å². The maximum atomic E-state index is 12.4. The molecule has 1 aliphatic heterocycles. The van der Waals surface area contributed by atoms with Crippen LogP contribution < -0.4 is 0 Å². The lowest BCUT2D eigenvalue weighted by Gasteiger charge is -2.34. The van der Waals surface area contributed by atoms with E-state index in [4.69, 9.17) is 0 Å². The number of carbonyl (C=O) groups excluding carboxylic acids is 2. The summed E-state index contributed by atoms with van der Waals surface area (Å²) in [6.07, 6.45) is 4.49. The van der Waals surface area contributed by atoms with Crippen LogP contribution in [0.25, 0.3) is 11.1 Å². The number of amides is 1. The third-order valence-electron chi connectivity index (χ3n) is 7.63. The molecule has 2 saturated carbocycles. The summed E-state index contributed by atoms with van der Waals surface area (Å²) < 4.78 is 0. The van der Waals surface area contributed by atoms with Crippen LogP contribution in [-0.2, 0) is 4.79 Å². The van der Waals surface area contributed by atoms with Gasteiger partial charge in [-0.05, 0) is 85.6 Å². The fourth-order valence-electron chi connectivity index (χ4n) is 5.20. The molecule has 30 heavy (non-hydrogen) atoms. The molecule has 2 aromatic rings. The maximum Gasteiger partial charge on any atom is 0.254 e. The molecule has 3 fully saturated rings. The van der Waals surface area contributed by atoms with Crippen LogP contribution >= 0.6 is 0 Å². The standard InChI is InChI=1S/C26H29NO3/c1-17-3-4-21(18(2)28)15-22(17)19-5-7-20(8-6-19)23-16-25(23)11-13-27(14-12-25)24(29)26(30)9-10-26/h3-8,15,23,30H,9-14,16H2,1-2H3/t23-/m1/s1. The van der Waals surface area contributed by atoms with Gasteiger partial charge in [-0.1, -0.05) is 36.4 Å². The summed E-state index contributed by atoms with van der Waals surface area (Å²) in [4.78, 5) is 26.0. The van der Waals surface area contributed by atoms with Gasteiger partial charge in [-0.3, -0.25) is 9.59 Å². The zero-order valence-electron chi connectivity index (χ0n) is 17.8. The maximum absolute atomic E-state index is 12.4. The van der Waals surface area contributed by atoms with Gasteiger partial charge in [0, 0.05) is 18.7 Å². The number of aliphatic hydroxyl groups is 1. The van der Waals surface area contributed by atoms with E-state index in [0.717, 1.165) is 42.6 Å². The van der Waals surface area contributed by atoms with Crippen LogP contribution in [0, 0.1) is 12.3 Å². The van der Waals surface area contributed by atoms with Gasteiger partial charge in [0.1, 0.15) is 5.60 Å². The highest BCUT2D eigenvalue weighted by Crippen LogP contribution is 2.65. The normalized spacial score (nSPS) is 23.3. The van der Waals surface area contributed by atoms with Crippen molar-refractivity contribution < 1.29 is 14.7 Å². The molecule has 1 heterocycles. The van der Waals surface area contributed by atoms with Gasteiger partial charge in [0.25, 0.3) is 5.91 Å². The molecule has 0 bridgehead atoms. The fourth-order valence-corrected chi connectivity index (χ4v) is 5.20. The minimum Gasteiger partial charge on any atom is -0.380 e. The molecule has 0 aromatic heterocycles. The van der Waals surface area contributed by atoms with Crippen molar-refractivity contribution in [1.82, 2.24) is 4.90 Å². The first-order chi connectivity index (χ1) is 14.3. The molecule has 2 aliphatic carbocycles. The second-order valence-electron chi connectivity index (χ2n) is 9.65. The number of likely N-dealkylation sites (tertiary alicyclic amines) is 1. The van der Waals surface area contributed by atoms with E-state index in [1.54, 1.807) is 6.92 Å². The average Bonchev–Trinajstić information content (AvgIpc) is 3.66. The van der Waals surface area contributed by atoms with Crippen molar-refractivity contribution in [1.29, 1.82) is 0 Å². The fraction of sp³-hybridized carbons (Fsp3) is 0.462. The van der Waals surface area contributed by atoms with E-state index in [2.05, 4.69) is 31.2 Å². The number of nitrogens with zero attached hydrogens (tertiary/aromatic N) is 1. The molecule has 4 nitrogen and oxygen atoms in total. The molecular formula is C26H29NO3. The van der Waals surface area contributed by atoms with Crippen molar-refractivity contribution in [3.8, 4) is 11.1 Å². The number of aryl methyl sites for hydroxylation is 1. The lowest BCUT2D eigenvalue weighted by Crippen LogP contribution is -2.45. The van der Waals surface area contributed by atoms with Gasteiger partial charge >= 0.3 is 0 Å². The Morgan fingerprint density at radius 3 is 2.27 bits per heavy atom. The lowest BCUT2D eigenvalue weighted by atomic mass is 9.88. The summed E-state index contributed by atoms with van der Waals surface area (Å²) in [7, 11) is 0. The van der Waals surface area contributed by atoms with Gasteiger partial charge in [0.05, 0.1) is 0 Å². The van der Waals surface area contributed by atoms with Crippen molar-refractivity contribution in [2.45, 2.75) is 57.5 Å². The van der Waals surface area contributed by atoms with Gasteiger partial charge in [0.2, 0.25) is 0 Å². The largest absolute Gasteiger partial charge is 0.380 e. The van der Waals surface area contributed by atoms with Gasteiger partial charge < -0.3 is 10.0 Å². The van der Waals surface area contributed by atoms with E-state index in [1.807, 2.05) is 23.1 Å². The third-order valence-corrected chi connectivity index (χ3v) is 7.63. The van der Waals surface area contributed by atoms with E-state index in [0.29, 0.717) is 24.2 Å². The predicted octanol–water partition coefficient (Wildman–Crippen LogP) is 4.49. The van der Waals surface area contributed by atoms with E-state index in [9.17, 15) is 14.7 Å². The van der Waals surface area contributed by atoms with Crippen molar-refractivity contribution in [3.05, 3.63) is 59.2 Å². The summed E-state index contributed by atoms with van der Waals surface area (Å²) in [6, 6.07) is 14.7. The summed E-state index contributed by atoms with van der Waals surface area (Å²) in [5.41, 5.74) is 4.84. The molecule has 1 atom stereocenters. The number of hydrogen-bond donors (Lipinski definition) is 1. The molecule has 3 aliphatic rings. The van der Waals surface area contributed by atoms with E-state index < -0.39 is 5.60 Å². The number of rotatable bonds is 4. The van der Waals surface area contributed by atoms with E-state index in [-0.39, 0.29) is 11.7 Å². The molecule has 156 valence electrons. The lowest BCUT2D eigenvalue weighted by molar-refractivity contribution is -0.144. The van der Waals surface area contributed by atoms with E-state index in [1.165, 1.54) is 17.5 Å². The number of benzene rings is 2. The zero-order valence-corrected chi connectivity index (χ0v) is 17.8. The Kier molecular flexibility index (Phi) is 4.41. The van der Waals surface area contributed by atoms with Crippen molar-refractivity contribution in [3.63, 3.8) is 0 Å². The van der Waals surface area contributed by atoms with Gasteiger partial charge in [0.15, 0.2) is 5.78 Å². The summed E-state index contributed by atoms with van der Waals surface area (Å²) in [6.45, 7) is 5.23. The molecular weight excluding hydrogens is 374 g/mol. The minimum absolute atomic E-state index is 0.0536. The topological polar surface area (TPSA) is 57.6 Å². The molecule has 1 saturated heterocycles. The minimum atomic E-state index is -1.04. The zero-order chi connectivity index (χ0) is 21.1. The Labute approximate surface area is 177 Å². The highest BCUT2D eigenvalue weighted by Gasteiger charge is 2.57. The van der Waals surface area contributed by atoms with Crippen LogP contribution in [0.1, 0.15) is 66.4 Å². The molecule has 1 spiro atoms. The number of carbonyl (C=O) groups is 2. The first-order valence-corrected chi connectivity index (χ1v) is 11.1. The highest BCUT2D eigenvalue weighted by atomic mass is 16.3. The van der Waals surface area contributed by atoms with Crippen LogP contribution in [-0.4, -0.2) is 40.4 Å². The molecule has 0 unspecified atom stereocenters. The van der Waals surface area contributed by atoms with Crippen LogP contribution in [0.4, 0.5) is 0 Å². The summed E-state index contributed by atoms with van der Waals surface area (Å²) in [5.74, 6) is 0.603. The van der Waals surface area contributed by atoms with E-state index >= 15 is 0 Å². The highest BCUT2D eigenvalue weighted by molar-refractivity contribution is 5.95. The quantitative estimate of drug-likeness (QED) is 0.766. The van der Waals surface area contributed by atoms with Gasteiger partial charge in [-0.2, -0.15) is 0 Å². The summed E-state index contributed by atoms with van der Waals surface area (Å²) in [5, 5.41) is 10.1. The van der Waals surface area contributed by atoms with Crippen LogP contribution in [0.5, 0.6) is 0 Å². The second-order valence-corrected chi connectivity index (χ2v) is 9.65. The number of piperidine rings is 1. The van der Waals surface area contributed by atoms with Gasteiger partial charge in [-0.25, -0.2) is 0 Å². The molecule has 5 rings (SSSR count). The van der Waals surface area contributed by atoms with Gasteiger partial charge in [-0.15, -0.1) is 0 Å². The Morgan fingerprint density at radius 1 is 1.00 bits per heavy atom. The molecule has 1 N–H and O–H groups in total. The first kappa shape index (κ1) is 19.5. The second kappa shape index (κ2) is 6.78. The third kappa shape index (κ3) is 3.27. The Balaban J connectivity index is 1.27. The Hall–Kier alpha value is -2.46. The first-order valence-electron chi connectivity index (χ1n) is 11.1. The van der Waals surface area contributed by atoms with Crippen molar-refractivity contribution >= 4 is 11.7 Å². The predicted molar refractivity (Wildman–Crippen MR) is 116 cm³/mol. The summed E-state index contributed by atoms with van der Waals surface area (Å²) >= 11 is 0. The average molecular weight is 404 g/mol. The van der Waals surface area contributed by atoms with Crippen molar-refractivity contribution in [2.24, 2.45) is 5.41 Å². The number of ketones is 1. The molecule has 2 aromatic carbocycles. The van der Waals surface area contributed by atoms with Crippen LogP contribution in [0.3, 0.4) is 0 Å². The smallest absolute Gasteiger partial charge is 0.254 e. The Bertz CT molecular complexity index is 1010. The van der Waals surface area contributed by atoms with Crippen molar-refractivity contribution in [2.75, 3.05) is 13.1 Å². The SMILES string of the molecule is CC(=O)c1ccc(C)c(-c2ccc([C@H]3CC34CCN(C(=O)C3(O)CC3)CC4)cc2)c1. The monoisotopic (exact) mass is 403 g/mol. The molecule has 4 heteroatoms. The number of hydrogen-bond acceptors (Lipinski definition) is 3. The molecule has 1 amide bonds. The molecule has 0 radical (unpaired) electrons. The number of Topliss-reactive ketones (excluding diaryl/α,β-unsaturated/α-hetero) is 1.